The van der Waals surface area contributed by atoms with Crippen molar-refractivity contribution >= 4 is 17.1 Å². The highest BCUT2D eigenvalue weighted by atomic mass is 16.6. The summed E-state index contributed by atoms with van der Waals surface area (Å²) in [5.74, 6) is -0.985. The fraction of sp³-hybridized carbons (Fsp3) is 0.467. The number of fused-ring (bicyclic) bond motifs is 1. The summed E-state index contributed by atoms with van der Waals surface area (Å²) in [5.41, 5.74) is 1.22. The Morgan fingerprint density at radius 3 is 2.90 bits per heavy atom. The predicted octanol–water partition coefficient (Wildman–Crippen LogP) is 2.39. The van der Waals surface area contributed by atoms with E-state index in [1.165, 1.54) is 31.4 Å². The van der Waals surface area contributed by atoms with Crippen LogP contribution < -0.4 is 4.74 Å². The third-order valence-electron chi connectivity index (χ3n) is 3.70. The van der Waals surface area contributed by atoms with E-state index < -0.39 is 5.97 Å². The summed E-state index contributed by atoms with van der Waals surface area (Å²) in [4.78, 5) is 17.5. The maximum Gasteiger partial charge on any atom is 0.394 e. The van der Waals surface area contributed by atoms with Crippen molar-refractivity contribution in [3.05, 3.63) is 23.8 Å². The zero-order valence-corrected chi connectivity index (χ0v) is 11.7. The molecule has 0 unspecified atom stereocenters. The van der Waals surface area contributed by atoms with Gasteiger partial charge in [0.1, 0.15) is 12.1 Å². The van der Waals surface area contributed by atoms with Crippen molar-refractivity contribution in [3.8, 4) is 6.08 Å². The summed E-state index contributed by atoms with van der Waals surface area (Å²) < 4.78 is 11.0. The lowest BCUT2D eigenvalue weighted by molar-refractivity contribution is 0.0697. The Kier molecular flexibility index (Phi) is 4.06. The number of carboxylic acids is 1. The van der Waals surface area contributed by atoms with Crippen molar-refractivity contribution in [2.45, 2.75) is 19.3 Å². The van der Waals surface area contributed by atoms with Gasteiger partial charge in [0.05, 0.1) is 5.56 Å². The molecule has 2 aromatic rings. The van der Waals surface area contributed by atoms with Crippen LogP contribution in [0.25, 0.3) is 11.1 Å². The van der Waals surface area contributed by atoms with E-state index in [4.69, 9.17) is 14.3 Å². The Bertz CT molecular complexity index is 632. The number of aromatic carboxylic acids is 1. The molecule has 0 aliphatic carbocycles. The van der Waals surface area contributed by atoms with Crippen LogP contribution in [0.15, 0.2) is 22.6 Å². The summed E-state index contributed by atoms with van der Waals surface area (Å²) in [6.07, 6.45) is 4.01. The van der Waals surface area contributed by atoms with E-state index in [2.05, 4.69) is 9.88 Å². The van der Waals surface area contributed by atoms with Crippen LogP contribution in [0.2, 0.25) is 0 Å². The van der Waals surface area contributed by atoms with E-state index >= 15 is 0 Å². The number of nitrogens with zero attached hydrogens (tertiary/aromatic N) is 2. The standard InChI is InChI=1S/C15H18N2O4/c18-14(19)11-4-5-12-13(10-11)21-15(16-12)20-9-8-17-6-2-1-3-7-17/h4-5,10H,1-3,6-9H2,(H,18,19). The lowest BCUT2D eigenvalue weighted by Gasteiger charge is -2.25. The largest absolute Gasteiger partial charge is 0.478 e. The summed E-state index contributed by atoms with van der Waals surface area (Å²) in [7, 11) is 0. The molecule has 1 aromatic carbocycles. The molecule has 0 spiro atoms. The van der Waals surface area contributed by atoms with E-state index in [1.54, 1.807) is 6.07 Å². The van der Waals surface area contributed by atoms with Crippen LogP contribution in [0.1, 0.15) is 29.6 Å². The van der Waals surface area contributed by atoms with Crippen LogP contribution >= 0.6 is 0 Å². The molecule has 1 aromatic heterocycles. The first kappa shape index (κ1) is 13.9. The number of aromatic nitrogens is 1. The van der Waals surface area contributed by atoms with Gasteiger partial charge in [-0.2, -0.15) is 4.98 Å². The Morgan fingerprint density at radius 1 is 1.33 bits per heavy atom. The average Bonchev–Trinajstić information content (AvgIpc) is 2.90. The van der Waals surface area contributed by atoms with E-state index in [9.17, 15) is 4.79 Å². The first-order chi connectivity index (χ1) is 10.2. The van der Waals surface area contributed by atoms with Crippen molar-refractivity contribution in [1.82, 2.24) is 9.88 Å². The first-order valence-electron chi connectivity index (χ1n) is 7.21. The minimum absolute atomic E-state index is 0.179. The molecule has 1 aliphatic rings. The SMILES string of the molecule is O=C(O)c1ccc2nc(OCCN3CCCCC3)oc2c1. The molecule has 112 valence electrons. The zero-order valence-electron chi connectivity index (χ0n) is 11.7. The van der Waals surface area contributed by atoms with Gasteiger partial charge in [0.25, 0.3) is 0 Å². The fourth-order valence-corrected chi connectivity index (χ4v) is 2.54. The highest BCUT2D eigenvalue weighted by Crippen LogP contribution is 2.21. The second-order valence-corrected chi connectivity index (χ2v) is 5.22. The van der Waals surface area contributed by atoms with Crippen LogP contribution in [0.5, 0.6) is 6.08 Å². The van der Waals surface area contributed by atoms with Gasteiger partial charge < -0.3 is 14.3 Å². The number of likely N-dealkylation sites (tertiary alicyclic amines) is 1. The second-order valence-electron chi connectivity index (χ2n) is 5.22. The quantitative estimate of drug-likeness (QED) is 0.911. The van der Waals surface area contributed by atoms with Gasteiger partial charge in [0.2, 0.25) is 0 Å². The second kappa shape index (κ2) is 6.13. The van der Waals surface area contributed by atoms with Crippen LogP contribution in [0.4, 0.5) is 0 Å². The third kappa shape index (κ3) is 3.33. The minimum Gasteiger partial charge on any atom is -0.478 e. The van der Waals surface area contributed by atoms with Gasteiger partial charge in [-0.3, -0.25) is 4.90 Å². The number of piperidine rings is 1. The maximum atomic E-state index is 10.9. The van der Waals surface area contributed by atoms with Crippen molar-refractivity contribution < 1.29 is 19.1 Å². The summed E-state index contributed by atoms with van der Waals surface area (Å²) >= 11 is 0. The maximum absolute atomic E-state index is 10.9. The lowest BCUT2D eigenvalue weighted by atomic mass is 10.1. The molecule has 6 nitrogen and oxygen atoms in total. The molecule has 0 saturated carbocycles. The normalized spacial score (nSPS) is 16.2. The molecule has 0 radical (unpaired) electrons. The molecular formula is C15H18N2O4. The third-order valence-corrected chi connectivity index (χ3v) is 3.70. The van der Waals surface area contributed by atoms with E-state index in [1.807, 2.05) is 0 Å². The molecule has 0 amide bonds. The van der Waals surface area contributed by atoms with Crippen LogP contribution in [0, 0.1) is 0 Å². The van der Waals surface area contributed by atoms with Crippen LogP contribution in [0.3, 0.4) is 0 Å². The fourth-order valence-electron chi connectivity index (χ4n) is 2.54. The highest BCUT2D eigenvalue weighted by molar-refractivity contribution is 5.91. The summed E-state index contributed by atoms with van der Waals surface area (Å²) in [5, 5.41) is 8.94. The molecule has 21 heavy (non-hydrogen) atoms. The van der Waals surface area contributed by atoms with Crippen LogP contribution in [-0.4, -0.2) is 47.2 Å². The number of carbonyl (C=O) groups is 1. The smallest absolute Gasteiger partial charge is 0.394 e. The van der Waals surface area contributed by atoms with Gasteiger partial charge in [-0.25, -0.2) is 4.79 Å². The zero-order chi connectivity index (χ0) is 14.7. The van der Waals surface area contributed by atoms with E-state index in [-0.39, 0.29) is 11.6 Å². The minimum atomic E-state index is -0.985. The number of hydrogen-bond acceptors (Lipinski definition) is 5. The molecule has 2 heterocycles. The molecule has 1 fully saturated rings. The molecule has 3 rings (SSSR count). The monoisotopic (exact) mass is 290 g/mol. The number of benzene rings is 1. The van der Waals surface area contributed by atoms with Gasteiger partial charge in [-0.05, 0) is 44.1 Å². The molecule has 0 bridgehead atoms. The molecule has 0 atom stereocenters. The number of rotatable bonds is 5. The Balaban J connectivity index is 1.60. The summed E-state index contributed by atoms with van der Waals surface area (Å²) in [6.45, 7) is 3.63. The first-order valence-corrected chi connectivity index (χ1v) is 7.21. The number of oxazole rings is 1. The summed E-state index contributed by atoms with van der Waals surface area (Å²) in [6, 6.07) is 4.59. The molecule has 6 heteroatoms. The van der Waals surface area contributed by atoms with Crippen molar-refractivity contribution in [2.24, 2.45) is 0 Å². The van der Waals surface area contributed by atoms with Crippen molar-refractivity contribution in [2.75, 3.05) is 26.2 Å². The van der Waals surface area contributed by atoms with E-state index in [0.717, 1.165) is 19.6 Å². The number of hydrogen-bond donors (Lipinski definition) is 1. The van der Waals surface area contributed by atoms with Gasteiger partial charge >= 0.3 is 12.0 Å². The highest BCUT2D eigenvalue weighted by Gasteiger charge is 2.12. The van der Waals surface area contributed by atoms with Gasteiger partial charge in [-0.1, -0.05) is 6.42 Å². The van der Waals surface area contributed by atoms with Crippen molar-refractivity contribution in [1.29, 1.82) is 0 Å². The number of carboxylic acid groups (broad SMARTS) is 1. The van der Waals surface area contributed by atoms with E-state index in [0.29, 0.717) is 17.7 Å². The van der Waals surface area contributed by atoms with Gasteiger partial charge in [-0.15, -0.1) is 0 Å². The lowest BCUT2D eigenvalue weighted by Crippen LogP contribution is -2.33. The van der Waals surface area contributed by atoms with Gasteiger partial charge in [0, 0.05) is 6.54 Å². The average molecular weight is 290 g/mol. The predicted molar refractivity (Wildman–Crippen MR) is 76.8 cm³/mol. The topological polar surface area (TPSA) is 75.8 Å². The molecule has 1 N–H and O–H groups in total. The Hall–Kier alpha value is -2.08. The Labute approximate surface area is 122 Å². The van der Waals surface area contributed by atoms with Gasteiger partial charge in [0.15, 0.2) is 5.58 Å². The molecule has 1 aliphatic heterocycles. The molecule has 1 saturated heterocycles. The molecular weight excluding hydrogens is 272 g/mol. The number of ether oxygens (including phenoxy) is 1. The Morgan fingerprint density at radius 2 is 2.14 bits per heavy atom. The van der Waals surface area contributed by atoms with Crippen LogP contribution in [-0.2, 0) is 0 Å². The van der Waals surface area contributed by atoms with Crippen molar-refractivity contribution in [3.63, 3.8) is 0 Å².